The van der Waals surface area contributed by atoms with Crippen molar-refractivity contribution < 1.29 is 14.8 Å². The quantitative estimate of drug-likeness (QED) is 0.377. The summed E-state index contributed by atoms with van der Waals surface area (Å²) < 4.78 is 5.75. The van der Waals surface area contributed by atoms with Gasteiger partial charge in [0.25, 0.3) is 5.69 Å². The predicted molar refractivity (Wildman–Crippen MR) is 104 cm³/mol. The second-order valence-electron chi connectivity index (χ2n) is 6.78. The number of phenols is 1. The van der Waals surface area contributed by atoms with Crippen LogP contribution in [0.5, 0.6) is 17.2 Å². The molecule has 0 aromatic heterocycles. The number of anilines is 1. The van der Waals surface area contributed by atoms with Gasteiger partial charge in [0.1, 0.15) is 22.9 Å². The van der Waals surface area contributed by atoms with Crippen LogP contribution in [0.15, 0.2) is 66.7 Å². The minimum absolute atomic E-state index is 0.0579. The molecule has 0 aliphatic heterocycles. The third kappa shape index (κ3) is 3.84. The van der Waals surface area contributed by atoms with Gasteiger partial charge in [-0.2, -0.15) is 0 Å². The van der Waals surface area contributed by atoms with Gasteiger partial charge in [0.2, 0.25) is 0 Å². The molecule has 0 aliphatic rings. The van der Waals surface area contributed by atoms with Gasteiger partial charge in [0, 0.05) is 17.5 Å². The average Bonchev–Trinajstić information content (AvgIpc) is 2.62. The van der Waals surface area contributed by atoms with E-state index < -0.39 is 4.92 Å². The van der Waals surface area contributed by atoms with Crippen molar-refractivity contribution in [2.45, 2.75) is 19.3 Å². The lowest BCUT2D eigenvalue weighted by molar-refractivity contribution is -0.383. The Kier molecular flexibility index (Phi) is 4.73. The largest absolute Gasteiger partial charge is 0.508 e. The molecule has 0 radical (unpaired) electrons. The molecule has 0 saturated heterocycles. The van der Waals surface area contributed by atoms with E-state index in [2.05, 4.69) is 13.8 Å². The Bertz CT molecular complexity index is 964. The SMILES string of the molecule is CC(C)(c1ccc(O)cc1)c1ccc(Oc2ccc([N+](=O)[O-])c(N)c2)cc1. The van der Waals surface area contributed by atoms with Gasteiger partial charge >= 0.3 is 0 Å². The van der Waals surface area contributed by atoms with Crippen LogP contribution in [0.3, 0.4) is 0 Å². The first kappa shape index (κ1) is 18.3. The maximum atomic E-state index is 10.8. The molecule has 0 aliphatic carbocycles. The molecule has 3 aromatic carbocycles. The molecular formula is C21H20N2O4. The lowest BCUT2D eigenvalue weighted by Gasteiger charge is -2.26. The third-order valence-corrected chi connectivity index (χ3v) is 4.60. The normalized spacial score (nSPS) is 11.2. The fourth-order valence-corrected chi connectivity index (χ4v) is 2.88. The Morgan fingerprint density at radius 2 is 1.44 bits per heavy atom. The number of rotatable bonds is 5. The molecular weight excluding hydrogens is 344 g/mol. The van der Waals surface area contributed by atoms with Crippen LogP contribution in [0.25, 0.3) is 0 Å². The maximum absolute atomic E-state index is 10.8. The number of nitrogen functional groups attached to an aromatic ring is 1. The second kappa shape index (κ2) is 6.99. The lowest BCUT2D eigenvalue weighted by atomic mass is 9.78. The van der Waals surface area contributed by atoms with Gasteiger partial charge < -0.3 is 15.6 Å². The van der Waals surface area contributed by atoms with Gasteiger partial charge in [0.05, 0.1) is 4.92 Å². The number of hydrogen-bond acceptors (Lipinski definition) is 5. The van der Waals surface area contributed by atoms with Crippen LogP contribution in [0.2, 0.25) is 0 Å². The van der Waals surface area contributed by atoms with Crippen molar-refractivity contribution >= 4 is 11.4 Å². The van der Waals surface area contributed by atoms with Crippen LogP contribution in [-0.2, 0) is 5.41 Å². The molecule has 3 rings (SSSR count). The summed E-state index contributed by atoms with van der Waals surface area (Å²) in [6, 6.07) is 19.1. The molecule has 0 unspecified atom stereocenters. The van der Waals surface area contributed by atoms with Gasteiger partial charge in [-0.05, 0) is 41.5 Å². The van der Waals surface area contributed by atoms with Gasteiger partial charge in [-0.15, -0.1) is 0 Å². The second-order valence-corrected chi connectivity index (χ2v) is 6.78. The fraction of sp³-hybridized carbons (Fsp3) is 0.143. The number of nitro benzene ring substituents is 1. The summed E-state index contributed by atoms with van der Waals surface area (Å²) in [5.74, 6) is 1.28. The highest BCUT2D eigenvalue weighted by Crippen LogP contribution is 2.34. The summed E-state index contributed by atoms with van der Waals surface area (Å²) in [6.45, 7) is 4.21. The molecule has 0 atom stereocenters. The van der Waals surface area contributed by atoms with E-state index in [1.807, 2.05) is 36.4 Å². The van der Waals surface area contributed by atoms with E-state index in [4.69, 9.17) is 10.5 Å². The summed E-state index contributed by atoms with van der Waals surface area (Å²) >= 11 is 0. The van der Waals surface area contributed by atoms with E-state index in [9.17, 15) is 15.2 Å². The number of benzene rings is 3. The topological polar surface area (TPSA) is 98.6 Å². The van der Waals surface area contributed by atoms with E-state index in [1.54, 1.807) is 12.1 Å². The molecule has 0 heterocycles. The van der Waals surface area contributed by atoms with Crippen LogP contribution in [0.4, 0.5) is 11.4 Å². The van der Waals surface area contributed by atoms with E-state index in [-0.39, 0.29) is 22.5 Å². The zero-order valence-electron chi connectivity index (χ0n) is 15.0. The average molecular weight is 364 g/mol. The maximum Gasteiger partial charge on any atom is 0.292 e. The van der Waals surface area contributed by atoms with E-state index >= 15 is 0 Å². The Balaban J connectivity index is 1.80. The first-order chi connectivity index (χ1) is 12.8. The number of nitrogens with two attached hydrogens (primary N) is 1. The van der Waals surface area contributed by atoms with Crippen molar-refractivity contribution in [2.24, 2.45) is 0 Å². The van der Waals surface area contributed by atoms with E-state index in [0.29, 0.717) is 11.5 Å². The zero-order chi connectivity index (χ0) is 19.6. The van der Waals surface area contributed by atoms with Gasteiger partial charge in [0.15, 0.2) is 0 Å². The van der Waals surface area contributed by atoms with Crippen molar-refractivity contribution in [1.82, 2.24) is 0 Å². The summed E-state index contributed by atoms with van der Waals surface area (Å²) in [6.07, 6.45) is 0. The third-order valence-electron chi connectivity index (χ3n) is 4.60. The van der Waals surface area contributed by atoms with Gasteiger partial charge in [-0.3, -0.25) is 10.1 Å². The van der Waals surface area contributed by atoms with E-state index in [1.165, 1.54) is 18.2 Å². The first-order valence-corrected chi connectivity index (χ1v) is 8.39. The lowest BCUT2D eigenvalue weighted by Crippen LogP contribution is -2.18. The Morgan fingerprint density at radius 1 is 0.926 bits per heavy atom. The Hall–Kier alpha value is -3.54. The van der Waals surface area contributed by atoms with Crippen molar-refractivity contribution in [3.05, 3.63) is 88.0 Å². The van der Waals surface area contributed by atoms with Gasteiger partial charge in [-0.25, -0.2) is 0 Å². The number of aromatic hydroxyl groups is 1. The molecule has 27 heavy (non-hydrogen) atoms. The van der Waals surface area contributed by atoms with Crippen molar-refractivity contribution in [3.8, 4) is 17.2 Å². The molecule has 0 saturated carbocycles. The van der Waals surface area contributed by atoms with Crippen LogP contribution in [0, 0.1) is 10.1 Å². The fourth-order valence-electron chi connectivity index (χ4n) is 2.88. The van der Waals surface area contributed by atoms with Crippen LogP contribution in [0.1, 0.15) is 25.0 Å². The number of phenolic OH excluding ortho intramolecular Hbond substituents is 1. The zero-order valence-corrected chi connectivity index (χ0v) is 15.0. The smallest absolute Gasteiger partial charge is 0.292 e. The molecule has 0 spiro atoms. The molecule has 0 fully saturated rings. The first-order valence-electron chi connectivity index (χ1n) is 8.39. The minimum Gasteiger partial charge on any atom is -0.508 e. The summed E-state index contributed by atoms with van der Waals surface area (Å²) in [5, 5.41) is 20.3. The standard InChI is InChI=1S/C21H20N2O4/c1-21(2,14-3-7-16(24)8-4-14)15-5-9-17(10-6-15)27-18-11-12-20(23(25)26)19(22)13-18/h3-13,24H,22H2,1-2H3. The molecule has 0 amide bonds. The summed E-state index contributed by atoms with van der Waals surface area (Å²) in [7, 11) is 0. The summed E-state index contributed by atoms with van der Waals surface area (Å²) in [5.41, 5.74) is 7.53. The minimum atomic E-state index is -0.528. The number of hydrogen-bond donors (Lipinski definition) is 2. The number of nitro groups is 1. The molecule has 6 nitrogen and oxygen atoms in total. The molecule has 138 valence electrons. The van der Waals surface area contributed by atoms with Crippen molar-refractivity contribution in [1.29, 1.82) is 0 Å². The highest BCUT2D eigenvalue weighted by molar-refractivity contribution is 5.61. The van der Waals surface area contributed by atoms with Crippen LogP contribution < -0.4 is 10.5 Å². The van der Waals surface area contributed by atoms with Crippen LogP contribution in [-0.4, -0.2) is 10.0 Å². The summed E-state index contributed by atoms with van der Waals surface area (Å²) in [4.78, 5) is 10.3. The van der Waals surface area contributed by atoms with Crippen LogP contribution >= 0.6 is 0 Å². The predicted octanol–water partition coefficient (Wildman–Crippen LogP) is 5.00. The molecule has 0 bridgehead atoms. The number of ether oxygens (including phenoxy) is 1. The van der Waals surface area contributed by atoms with Crippen molar-refractivity contribution in [3.63, 3.8) is 0 Å². The highest BCUT2D eigenvalue weighted by atomic mass is 16.6. The molecule has 3 aromatic rings. The number of nitrogens with zero attached hydrogens (tertiary/aromatic N) is 1. The van der Waals surface area contributed by atoms with Crippen molar-refractivity contribution in [2.75, 3.05) is 5.73 Å². The molecule has 3 N–H and O–H groups in total. The van der Waals surface area contributed by atoms with E-state index in [0.717, 1.165) is 11.1 Å². The monoisotopic (exact) mass is 364 g/mol. The Morgan fingerprint density at radius 3 is 1.96 bits per heavy atom. The molecule has 6 heteroatoms. The Labute approximate surface area is 157 Å². The van der Waals surface area contributed by atoms with Gasteiger partial charge in [-0.1, -0.05) is 38.1 Å². The highest BCUT2D eigenvalue weighted by Gasteiger charge is 2.23.